The van der Waals surface area contributed by atoms with E-state index in [0.717, 1.165) is 99.4 Å². The summed E-state index contributed by atoms with van der Waals surface area (Å²) in [5.74, 6) is 3.56. The van der Waals surface area contributed by atoms with Gasteiger partial charge < -0.3 is 29.5 Å². The van der Waals surface area contributed by atoms with Gasteiger partial charge >= 0.3 is 17.9 Å². The van der Waals surface area contributed by atoms with Crippen LogP contribution in [-0.4, -0.2) is 70.5 Å². The summed E-state index contributed by atoms with van der Waals surface area (Å²) in [7, 11) is 0. The number of nitrogens with two attached hydrogens (primary N) is 1. The molecule has 0 saturated heterocycles. The van der Waals surface area contributed by atoms with Gasteiger partial charge in [-0.3, -0.25) is 10.2 Å². The summed E-state index contributed by atoms with van der Waals surface area (Å²) >= 11 is 1.58. The quantitative estimate of drug-likeness (QED) is 0.0109. The van der Waals surface area contributed by atoms with Gasteiger partial charge in [-0.25, -0.2) is 29.6 Å². The van der Waals surface area contributed by atoms with E-state index >= 15 is 0 Å². The second-order valence-electron chi connectivity index (χ2n) is 24.2. The van der Waals surface area contributed by atoms with Crippen molar-refractivity contribution in [1.29, 1.82) is 0 Å². The second kappa shape index (κ2) is 43.5. The van der Waals surface area contributed by atoms with Gasteiger partial charge in [0.2, 0.25) is 5.88 Å². The molecule has 8 rings (SSSR count). The van der Waals surface area contributed by atoms with Gasteiger partial charge in [-0.05, 0) is 176 Å². The van der Waals surface area contributed by atoms with Crippen LogP contribution in [0.4, 0.5) is 4.39 Å². The van der Waals surface area contributed by atoms with Gasteiger partial charge in [-0.2, -0.15) is 0 Å². The number of carbonyl (C=O) groups is 4. The first-order chi connectivity index (χ1) is 46.4. The topological polar surface area (TPSA) is 208 Å². The highest BCUT2D eigenvalue weighted by atomic mass is 32.1. The second-order valence-corrected chi connectivity index (χ2v) is 25.4. The number of halogens is 1. The van der Waals surface area contributed by atoms with Crippen LogP contribution >= 0.6 is 11.3 Å². The maximum atomic E-state index is 14.1. The molecule has 0 fully saturated rings. The first-order valence-electron chi connectivity index (χ1n) is 34.4. The molecule has 1 unspecified atom stereocenters. The lowest BCUT2D eigenvalue weighted by Gasteiger charge is -2.14. The van der Waals surface area contributed by atoms with E-state index in [1.54, 1.807) is 59.9 Å². The van der Waals surface area contributed by atoms with Crippen LogP contribution in [0.15, 0.2) is 152 Å². The number of hydrogen-bond donors (Lipinski definition) is 5. The number of hydrazine groups is 1. The Bertz CT molecular complexity index is 3590. The summed E-state index contributed by atoms with van der Waals surface area (Å²) in [5, 5.41) is 27.7. The molecule has 0 radical (unpaired) electrons. The van der Waals surface area contributed by atoms with Crippen LogP contribution in [0, 0.1) is 32.5 Å². The van der Waals surface area contributed by atoms with Crippen molar-refractivity contribution in [2.24, 2.45) is 11.8 Å². The van der Waals surface area contributed by atoms with E-state index in [9.17, 15) is 23.6 Å². The first-order valence-corrected chi connectivity index (χ1v) is 35.2. The smallest absolute Gasteiger partial charge is 0.335 e. The van der Waals surface area contributed by atoms with Crippen LogP contribution < -0.4 is 20.7 Å². The lowest BCUT2D eigenvalue weighted by molar-refractivity contribution is 0.0686. The monoisotopic (exact) mass is 1330 g/mol. The number of aryl methyl sites for hydroxylation is 5. The number of unbranched alkanes of at least 4 members (excludes halogenated alkanes) is 11. The number of nitrogens with zero attached hydrogens (tertiary/aromatic N) is 1. The van der Waals surface area contributed by atoms with Gasteiger partial charge in [0.25, 0.3) is 5.91 Å². The number of rotatable bonds is 35. The fraction of sp³-hybridized carbons (Fsp3) is 0.395. The highest BCUT2D eigenvalue weighted by Crippen LogP contribution is 2.34. The van der Waals surface area contributed by atoms with Crippen molar-refractivity contribution in [3.05, 3.63) is 207 Å². The van der Waals surface area contributed by atoms with Crippen LogP contribution in [0.1, 0.15) is 212 Å². The van der Waals surface area contributed by atoms with Gasteiger partial charge in [-0.15, -0.1) is 11.3 Å². The minimum Gasteiger partial charge on any atom is -0.491 e. The Morgan fingerprint density at radius 2 is 0.958 bits per heavy atom. The number of carboxylic acid groups (broad SMARTS) is 3. The van der Waals surface area contributed by atoms with E-state index in [1.165, 1.54) is 119 Å². The molecule has 6 N–H and O–H groups in total. The van der Waals surface area contributed by atoms with Crippen molar-refractivity contribution >= 4 is 35.2 Å². The number of amides is 1. The van der Waals surface area contributed by atoms with Crippen molar-refractivity contribution in [3.8, 4) is 55.6 Å². The lowest BCUT2D eigenvalue weighted by Crippen LogP contribution is -2.29. The molecule has 514 valence electrons. The molecule has 8 aromatic rings. The summed E-state index contributed by atoms with van der Waals surface area (Å²) in [6, 6.07) is 46.0. The highest BCUT2D eigenvalue weighted by Gasteiger charge is 2.16. The molecule has 0 spiro atoms. The molecular weight excluding hydrogens is 1230 g/mol. The van der Waals surface area contributed by atoms with E-state index in [-0.39, 0.29) is 17.0 Å². The third-order valence-corrected chi connectivity index (χ3v) is 17.7. The molecule has 0 aliphatic carbocycles. The fourth-order valence-corrected chi connectivity index (χ4v) is 11.5. The van der Waals surface area contributed by atoms with Gasteiger partial charge in [0, 0.05) is 23.3 Å². The van der Waals surface area contributed by atoms with E-state index in [1.807, 2.05) is 75.4 Å². The average molecular weight is 1330 g/mol. The number of nitrogen functional groups attached to an aromatic ring is 1. The van der Waals surface area contributed by atoms with E-state index in [0.29, 0.717) is 48.3 Å². The minimum absolute atomic E-state index is 0.0315. The molecule has 15 heteroatoms. The summed E-state index contributed by atoms with van der Waals surface area (Å²) in [6.07, 6.45) is 23.4. The predicted molar refractivity (Wildman–Crippen MR) is 389 cm³/mol. The van der Waals surface area contributed by atoms with Crippen LogP contribution in [0.5, 0.6) is 11.6 Å². The van der Waals surface area contributed by atoms with Crippen molar-refractivity contribution in [1.82, 2.24) is 10.4 Å². The lowest BCUT2D eigenvalue weighted by atomic mass is 9.97. The number of aromatic carboxylic acids is 3. The number of thiazole rings is 1. The third-order valence-electron chi connectivity index (χ3n) is 16.7. The van der Waals surface area contributed by atoms with Crippen molar-refractivity contribution in [2.75, 3.05) is 26.4 Å². The first kappa shape index (κ1) is 78.2. The average Bonchev–Trinajstić information content (AvgIpc) is 1.24. The molecule has 1 aromatic heterocycles. The molecule has 1 amide bonds. The number of carboxylic acids is 3. The zero-order valence-electron chi connectivity index (χ0n) is 57.8. The Balaban J connectivity index is 0.000000232. The predicted octanol–water partition coefficient (Wildman–Crippen LogP) is 20.8. The summed E-state index contributed by atoms with van der Waals surface area (Å²) in [4.78, 5) is 49.8. The normalized spacial score (nSPS) is 11.0. The van der Waals surface area contributed by atoms with Gasteiger partial charge in [0.05, 0.1) is 34.8 Å². The highest BCUT2D eigenvalue weighted by molar-refractivity contribution is 7.15. The van der Waals surface area contributed by atoms with Crippen molar-refractivity contribution < 1.29 is 53.1 Å². The van der Waals surface area contributed by atoms with Crippen LogP contribution in [-0.2, 0) is 17.6 Å². The van der Waals surface area contributed by atoms with Gasteiger partial charge in [-0.1, -0.05) is 209 Å². The zero-order chi connectivity index (χ0) is 69.6. The number of ether oxygens (including phenoxy) is 3. The van der Waals surface area contributed by atoms with Crippen molar-refractivity contribution in [3.63, 3.8) is 0 Å². The molecule has 13 nitrogen and oxygen atoms in total. The maximum absolute atomic E-state index is 14.1. The molecule has 1 atom stereocenters. The van der Waals surface area contributed by atoms with Gasteiger partial charge in [0.15, 0.2) is 0 Å². The van der Waals surface area contributed by atoms with Crippen LogP contribution in [0.2, 0.25) is 0 Å². The molecule has 96 heavy (non-hydrogen) atoms. The third kappa shape index (κ3) is 27.0. The largest absolute Gasteiger partial charge is 0.491 e. The number of benzene rings is 7. The molecule has 0 aliphatic rings. The molecule has 7 aromatic carbocycles. The Morgan fingerprint density at radius 3 is 1.47 bits per heavy atom. The van der Waals surface area contributed by atoms with Crippen molar-refractivity contribution in [2.45, 2.75) is 177 Å². The Morgan fingerprint density at radius 1 is 0.490 bits per heavy atom. The molecule has 0 bridgehead atoms. The number of hydrogen-bond acceptors (Lipinski definition) is 10. The molecular formula is C81H102FN3O10S. The Kier molecular flexibility index (Phi) is 35.5. The number of nitrogens with one attached hydrogen (secondary N) is 1. The Labute approximate surface area is 573 Å². The summed E-state index contributed by atoms with van der Waals surface area (Å²) in [5.41, 5.74) is 14.5. The molecule has 0 saturated carbocycles. The fourth-order valence-electron chi connectivity index (χ4n) is 10.6. The van der Waals surface area contributed by atoms with Gasteiger partial charge in [0.1, 0.15) is 23.2 Å². The zero-order valence-corrected chi connectivity index (χ0v) is 58.6. The summed E-state index contributed by atoms with van der Waals surface area (Å²) < 4.78 is 31.4. The van der Waals surface area contributed by atoms with Crippen LogP contribution in [0.3, 0.4) is 0 Å². The maximum Gasteiger partial charge on any atom is 0.335 e. The SMILES string of the molecule is CCCCC(CC)COc1nc(-c2ccc(C(=O)O)cc2)sc1C.CCCCCCCCc1ccc(-c2ccc(C(=O)O)cc2F)cc1.CCCCCCCc1ccc(-c2ccc(C(=O)NN)cc2)cc1.CCCCOCCOc1cc(C)c(-c2ccc(C(=O)O)cc2)cc1C. The summed E-state index contributed by atoms with van der Waals surface area (Å²) in [6.45, 7) is 19.7. The Hall–Kier alpha value is -8.50. The van der Waals surface area contributed by atoms with Crippen LogP contribution in [0.25, 0.3) is 44.0 Å². The van der Waals surface area contributed by atoms with E-state index in [2.05, 4.69) is 75.4 Å². The number of carbonyl (C=O) groups excluding carboxylic acids is 1. The number of aromatic nitrogens is 1. The van der Waals surface area contributed by atoms with E-state index < -0.39 is 23.7 Å². The standard InChI is InChI=1S/C21H25FO2.C21H26O4.C20H26N2O.C19H25NO3S/c1-2-3-4-5-6-7-8-16-9-11-17(12-10-16)19-14-13-18(21(23)24)15-20(19)22;1-4-5-10-24-11-12-25-20-14-15(2)19(13-16(20)3)17-6-8-18(9-7-17)21(22)23;1-2-3-4-5-6-7-16-8-10-17(11-9-16)18-12-14-19(15-13-18)20(23)22-21;1-4-6-7-14(5-2)12-23-17-13(3)24-18(20-17)15-8-10-16(11-9-15)19(21)22/h9-15H,2-8H2,1H3,(H,23,24);6-9,13-14H,4-5,10-12H2,1-3H3,(H,22,23);8-15H,2-7,21H2,1H3,(H,22,23);8-11,14H,4-7,12H2,1-3H3,(H,21,22). The molecule has 0 aliphatic heterocycles. The molecule has 1 heterocycles. The van der Waals surface area contributed by atoms with E-state index in [4.69, 9.17) is 35.4 Å². The minimum atomic E-state index is -1.12.